The van der Waals surface area contributed by atoms with Crippen molar-refractivity contribution < 1.29 is 8.83 Å². The third-order valence-electron chi connectivity index (χ3n) is 4.93. The lowest BCUT2D eigenvalue weighted by Gasteiger charge is -2.26. The molecule has 154 valence electrons. The van der Waals surface area contributed by atoms with Gasteiger partial charge in [-0.25, -0.2) is 9.98 Å². The van der Waals surface area contributed by atoms with Gasteiger partial charge < -0.3 is 19.5 Å². The summed E-state index contributed by atoms with van der Waals surface area (Å²) in [6.45, 7) is 12.5. The molecule has 0 bridgehead atoms. The maximum absolute atomic E-state index is 5.85. The van der Waals surface area contributed by atoms with Gasteiger partial charge in [0.05, 0.1) is 18.5 Å². The Morgan fingerprint density at radius 1 is 1.29 bits per heavy atom. The van der Waals surface area contributed by atoms with E-state index in [1.807, 2.05) is 6.07 Å². The highest BCUT2D eigenvalue weighted by atomic mass is 16.4. The summed E-state index contributed by atoms with van der Waals surface area (Å²) >= 11 is 0. The van der Waals surface area contributed by atoms with Gasteiger partial charge in [-0.3, -0.25) is 4.90 Å². The zero-order chi connectivity index (χ0) is 20.0. The first-order chi connectivity index (χ1) is 13.5. The predicted octanol–water partition coefficient (Wildman–Crippen LogP) is 3.46. The number of guanidine groups is 1. The molecule has 0 saturated carbocycles. The Hall–Kier alpha value is -2.28. The number of hydrogen-bond acceptors (Lipinski definition) is 5. The van der Waals surface area contributed by atoms with Gasteiger partial charge in [-0.2, -0.15) is 0 Å². The van der Waals surface area contributed by atoms with Crippen molar-refractivity contribution >= 4 is 5.96 Å². The lowest BCUT2D eigenvalue weighted by molar-refractivity contribution is 0.215. The number of hydrogen-bond donors (Lipinski definition) is 2. The van der Waals surface area contributed by atoms with E-state index in [2.05, 4.69) is 59.3 Å². The van der Waals surface area contributed by atoms with Crippen LogP contribution in [0.3, 0.4) is 0 Å². The molecule has 0 aliphatic carbocycles. The summed E-state index contributed by atoms with van der Waals surface area (Å²) in [6, 6.07) is 4.21. The second-order valence-electron chi connectivity index (χ2n) is 8.22. The highest BCUT2D eigenvalue weighted by Gasteiger charge is 2.25. The molecule has 0 spiro atoms. The van der Waals surface area contributed by atoms with E-state index in [1.54, 1.807) is 12.5 Å². The van der Waals surface area contributed by atoms with Crippen molar-refractivity contribution in [3.05, 3.63) is 42.0 Å². The van der Waals surface area contributed by atoms with Crippen LogP contribution in [0, 0.1) is 0 Å². The zero-order valence-electron chi connectivity index (χ0n) is 17.5. The molecule has 0 amide bonds. The van der Waals surface area contributed by atoms with Gasteiger partial charge >= 0.3 is 0 Å². The van der Waals surface area contributed by atoms with Crippen molar-refractivity contribution in [2.45, 2.75) is 58.5 Å². The van der Waals surface area contributed by atoms with Crippen LogP contribution in [0.1, 0.15) is 64.0 Å². The van der Waals surface area contributed by atoms with Crippen LogP contribution in [0.2, 0.25) is 0 Å². The maximum atomic E-state index is 5.85. The molecule has 1 unspecified atom stereocenters. The topological polar surface area (TPSA) is 78.8 Å². The van der Waals surface area contributed by atoms with Crippen molar-refractivity contribution in [1.29, 1.82) is 0 Å². The second kappa shape index (κ2) is 9.28. The van der Waals surface area contributed by atoms with E-state index >= 15 is 0 Å². The second-order valence-corrected chi connectivity index (χ2v) is 8.22. The first-order valence-corrected chi connectivity index (χ1v) is 10.2. The van der Waals surface area contributed by atoms with Gasteiger partial charge in [0.15, 0.2) is 5.96 Å². The van der Waals surface area contributed by atoms with Crippen molar-refractivity contribution in [3.63, 3.8) is 0 Å². The van der Waals surface area contributed by atoms with Crippen LogP contribution >= 0.6 is 0 Å². The molecule has 1 saturated heterocycles. The minimum absolute atomic E-state index is 0.0519. The minimum atomic E-state index is -0.0519. The van der Waals surface area contributed by atoms with E-state index in [4.69, 9.17) is 8.83 Å². The molecule has 2 aromatic rings. The largest absolute Gasteiger partial charge is 0.468 e. The van der Waals surface area contributed by atoms with Crippen molar-refractivity contribution in [1.82, 2.24) is 20.5 Å². The number of aromatic nitrogens is 1. The van der Waals surface area contributed by atoms with Gasteiger partial charge in [-0.15, -0.1) is 0 Å². The van der Waals surface area contributed by atoms with E-state index in [1.165, 1.54) is 12.8 Å². The number of rotatable bonds is 7. The van der Waals surface area contributed by atoms with Crippen LogP contribution in [0.4, 0.5) is 0 Å². The van der Waals surface area contributed by atoms with Gasteiger partial charge in [-0.05, 0) is 45.0 Å². The first kappa shape index (κ1) is 20.5. The summed E-state index contributed by atoms with van der Waals surface area (Å²) in [6.07, 6.45) is 6.02. The summed E-state index contributed by atoms with van der Waals surface area (Å²) in [5.74, 6) is 3.26. The van der Waals surface area contributed by atoms with Crippen LogP contribution in [0.5, 0.6) is 0 Å². The molecular weight excluding hydrogens is 354 g/mol. The number of nitrogens with zero attached hydrogens (tertiary/aromatic N) is 3. The van der Waals surface area contributed by atoms with Crippen molar-refractivity contribution in [2.75, 3.05) is 26.2 Å². The number of nitrogens with one attached hydrogen (secondary N) is 2. The molecule has 1 aliphatic rings. The molecule has 0 radical (unpaired) electrons. The highest BCUT2D eigenvalue weighted by molar-refractivity contribution is 5.79. The summed E-state index contributed by atoms with van der Waals surface area (Å²) in [5.41, 5.74) is -0.0519. The van der Waals surface area contributed by atoms with Gasteiger partial charge in [0.1, 0.15) is 18.1 Å². The molecule has 28 heavy (non-hydrogen) atoms. The zero-order valence-corrected chi connectivity index (χ0v) is 17.5. The van der Waals surface area contributed by atoms with E-state index in [0.29, 0.717) is 12.4 Å². The van der Waals surface area contributed by atoms with E-state index in [0.717, 1.165) is 43.7 Å². The lowest BCUT2D eigenvalue weighted by atomic mass is 9.94. The third kappa shape index (κ3) is 5.38. The van der Waals surface area contributed by atoms with Gasteiger partial charge in [-0.1, -0.05) is 20.8 Å². The third-order valence-corrected chi connectivity index (χ3v) is 4.93. The Labute approximate surface area is 167 Å². The molecule has 0 aromatic carbocycles. The summed E-state index contributed by atoms with van der Waals surface area (Å²) in [7, 11) is 0. The molecule has 3 heterocycles. The number of aliphatic imine (C=N–C) groups is 1. The molecule has 7 nitrogen and oxygen atoms in total. The first-order valence-electron chi connectivity index (χ1n) is 10.2. The Kier molecular flexibility index (Phi) is 6.78. The highest BCUT2D eigenvalue weighted by Crippen LogP contribution is 2.25. The molecule has 2 N–H and O–H groups in total. The van der Waals surface area contributed by atoms with E-state index in [-0.39, 0.29) is 11.5 Å². The van der Waals surface area contributed by atoms with Crippen LogP contribution in [-0.2, 0) is 12.0 Å². The summed E-state index contributed by atoms with van der Waals surface area (Å²) < 4.78 is 11.5. The molecule has 2 aromatic heterocycles. The lowest BCUT2D eigenvalue weighted by Crippen LogP contribution is -2.42. The van der Waals surface area contributed by atoms with E-state index in [9.17, 15) is 0 Å². The van der Waals surface area contributed by atoms with Crippen molar-refractivity contribution in [2.24, 2.45) is 4.99 Å². The summed E-state index contributed by atoms with van der Waals surface area (Å²) in [5, 5.41) is 6.76. The Morgan fingerprint density at radius 3 is 2.68 bits per heavy atom. The van der Waals surface area contributed by atoms with Crippen LogP contribution in [0.25, 0.3) is 0 Å². The average molecular weight is 388 g/mol. The van der Waals surface area contributed by atoms with Crippen LogP contribution in [-0.4, -0.2) is 42.0 Å². The summed E-state index contributed by atoms with van der Waals surface area (Å²) in [4.78, 5) is 11.5. The number of furan rings is 1. The Bertz CT molecular complexity index is 739. The molecule has 1 aliphatic heterocycles. The predicted molar refractivity (Wildman–Crippen MR) is 110 cm³/mol. The van der Waals surface area contributed by atoms with Gasteiger partial charge in [0, 0.05) is 18.5 Å². The molecule has 1 atom stereocenters. The fraction of sp³-hybridized carbons (Fsp3) is 0.619. The van der Waals surface area contributed by atoms with Crippen LogP contribution in [0.15, 0.2) is 38.4 Å². The fourth-order valence-corrected chi connectivity index (χ4v) is 3.36. The van der Waals surface area contributed by atoms with Gasteiger partial charge in [0.25, 0.3) is 0 Å². The quantitative estimate of drug-likeness (QED) is 0.560. The molecular formula is C21H33N5O2. The molecule has 1 fully saturated rings. The Balaban J connectivity index is 1.64. The van der Waals surface area contributed by atoms with Crippen LogP contribution < -0.4 is 10.6 Å². The van der Waals surface area contributed by atoms with Crippen molar-refractivity contribution in [3.8, 4) is 0 Å². The normalized spacial score (nSPS) is 17.1. The monoisotopic (exact) mass is 387 g/mol. The minimum Gasteiger partial charge on any atom is -0.468 e. The average Bonchev–Trinajstić information content (AvgIpc) is 3.41. The van der Waals surface area contributed by atoms with E-state index < -0.39 is 0 Å². The Morgan fingerprint density at radius 2 is 2.07 bits per heavy atom. The SMILES string of the molecule is CCNC(=NCc1ncc(C(C)(C)C)o1)NCC(c1ccco1)N1CCCC1. The standard InChI is InChI=1S/C21H33N5O2/c1-5-22-20(25-15-19-23-14-18(28-19)21(2,3)4)24-13-16(17-9-8-12-27-17)26-10-6-7-11-26/h8-9,12,14,16H,5-7,10-11,13,15H2,1-4H3,(H2,22,24,25). The molecule has 3 rings (SSSR count). The fourth-order valence-electron chi connectivity index (χ4n) is 3.36. The smallest absolute Gasteiger partial charge is 0.216 e. The number of likely N-dealkylation sites (tertiary alicyclic amines) is 1. The molecule has 7 heteroatoms. The number of oxazole rings is 1. The van der Waals surface area contributed by atoms with Gasteiger partial charge in [0.2, 0.25) is 5.89 Å². The maximum Gasteiger partial charge on any atom is 0.216 e.